The molecule has 36 heavy (non-hydrogen) atoms. The predicted molar refractivity (Wildman–Crippen MR) is 138 cm³/mol. The van der Waals surface area contributed by atoms with E-state index in [-0.39, 0.29) is 5.91 Å². The standard InChI is InChI=1S/C25H44N6O5/c1-2-14-33-16-18-35-20-21-36-19-17-34-15-13-30-11-9-29(10-12-30)6-4-8-31(7-3-5-26)25(32)24-22-27-23-28-24/h1,22-23H,3-21,26H2,(H,27,28). The zero-order chi connectivity index (χ0) is 25.7. The minimum atomic E-state index is -0.00776. The summed E-state index contributed by atoms with van der Waals surface area (Å²) in [6.45, 7) is 12.3. The van der Waals surface area contributed by atoms with E-state index in [1.54, 1.807) is 6.20 Å². The molecule has 0 unspecified atom stereocenters. The number of terminal acetylenes is 1. The molecule has 1 aromatic rings. The van der Waals surface area contributed by atoms with Gasteiger partial charge < -0.3 is 39.5 Å². The Morgan fingerprint density at radius 2 is 1.53 bits per heavy atom. The lowest BCUT2D eigenvalue weighted by molar-refractivity contribution is -0.00260. The van der Waals surface area contributed by atoms with Crippen molar-refractivity contribution in [1.29, 1.82) is 0 Å². The fraction of sp³-hybridized carbons (Fsp3) is 0.760. The van der Waals surface area contributed by atoms with Gasteiger partial charge in [-0.1, -0.05) is 5.92 Å². The number of H-pyrrole nitrogens is 1. The van der Waals surface area contributed by atoms with E-state index in [2.05, 4.69) is 25.7 Å². The number of nitrogens with zero attached hydrogens (tertiary/aromatic N) is 4. The fourth-order valence-electron chi connectivity index (χ4n) is 3.85. The van der Waals surface area contributed by atoms with Gasteiger partial charge in [0.25, 0.3) is 5.91 Å². The van der Waals surface area contributed by atoms with Gasteiger partial charge in [-0.2, -0.15) is 0 Å². The number of amides is 1. The molecule has 0 saturated carbocycles. The van der Waals surface area contributed by atoms with Crippen LogP contribution in [0.2, 0.25) is 0 Å². The van der Waals surface area contributed by atoms with Crippen LogP contribution in [0.3, 0.4) is 0 Å². The van der Waals surface area contributed by atoms with Crippen LogP contribution < -0.4 is 5.73 Å². The second-order valence-corrected chi connectivity index (χ2v) is 8.53. The molecule has 0 spiro atoms. The number of nitrogens with one attached hydrogen (secondary N) is 1. The van der Waals surface area contributed by atoms with Crippen molar-refractivity contribution in [3.8, 4) is 12.3 Å². The number of carbonyl (C=O) groups excluding carboxylic acids is 1. The summed E-state index contributed by atoms with van der Waals surface area (Å²) in [7, 11) is 0. The number of aromatic amines is 1. The highest BCUT2D eigenvalue weighted by Crippen LogP contribution is 2.06. The van der Waals surface area contributed by atoms with Crippen LogP contribution in [0, 0.1) is 12.3 Å². The van der Waals surface area contributed by atoms with E-state index < -0.39 is 0 Å². The van der Waals surface area contributed by atoms with E-state index >= 15 is 0 Å². The molecule has 1 aliphatic heterocycles. The van der Waals surface area contributed by atoms with Crippen LogP contribution in [0.5, 0.6) is 0 Å². The molecule has 1 amide bonds. The molecule has 1 fully saturated rings. The maximum absolute atomic E-state index is 12.7. The van der Waals surface area contributed by atoms with Gasteiger partial charge in [-0.15, -0.1) is 6.42 Å². The third-order valence-corrected chi connectivity index (χ3v) is 5.87. The zero-order valence-corrected chi connectivity index (χ0v) is 21.6. The molecule has 0 bridgehead atoms. The van der Waals surface area contributed by atoms with Gasteiger partial charge in [-0.3, -0.25) is 9.69 Å². The van der Waals surface area contributed by atoms with Crippen LogP contribution in [-0.4, -0.2) is 142 Å². The van der Waals surface area contributed by atoms with E-state index in [1.807, 2.05) is 4.90 Å². The number of ether oxygens (including phenoxy) is 4. The summed E-state index contributed by atoms with van der Waals surface area (Å²) in [6.07, 6.45) is 9.94. The molecule has 11 nitrogen and oxygen atoms in total. The summed E-state index contributed by atoms with van der Waals surface area (Å²) in [6, 6.07) is 0. The van der Waals surface area contributed by atoms with Gasteiger partial charge in [0.2, 0.25) is 0 Å². The van der Waals surface area contributed by atoms with Crippen LogP contribution >= 0.6 is 0 Å². The van der Waals surface area contributed by atoms with Crippen molar-refractivity contribution in [1.82, 2.24) is 24.7 Å². The number of imidazole rings is 1. The van der Waals surface area contributed by atoms with E-state index in [1.165, 1.54) is 6.33 Å². The number of nitrogens with two attached hydrogens (primary N) is 1. The molecule has 0 aromatic carbocycles. The van der Waals surface area contributed by atoms with Gasteiger partial charge in [0.15, 0.2) is 0 Å². The minimum absolute atomic E-state index is 0.00776. The topological polar surface area (TPSA) is 118 Å². The first-order valence-electron chi connectivity index (χ1n) is 12.9. The SMILES string of the molecule is C#CCOCCOCCOCCOCCN1CCN(CCCN(CCCN)C(=O)c2cnc[nH]2)CC1. The lowest BCUT2D eigenvalue weighted by Gasteiger charge is -2.35. The second kappa shape index (κ2) is 20.1. The molecule has 11 heteroatoms. The first-order chi connectivity index (χ1) is 17.7. The summed E-state index contributed by atoms with van der Waals surface area (Å²) in [5, 5.41) is 0. The van der Waals surface area contributed by atoms with Gasteiger partial charge >= 0.3 is 0 Å². The Labute approximate surface area is 215 Å². The maximum atomic E-state index is 12.7. The number of hydrogen-bond donors (Lipinski definition) is 2. The average molecular weight is 509 g/mol. The minimum Gasteiger partial charge on any atom is -0.378 e. The van der Waals surface area contributed by atoms with Crippen LogP contribution in [0.1, 0.15) is 23.3 Å². The first-order valence-corrected chi connectivity index (χ1v) is 12.9. The van der Waals surface area contributed by atoms with Gasteiger partial charge in [0.05, 0.1) is 58.8 Å². The highest BCUT2D eigenvalue weighted by molar-refractivity contribution is 5.92. The average Bonchev–Trinajstić information content (AvgIpc) is 3.44. The number of aromatic nitrogens is 2. The molecule has 0 aliphatic carbocycles. The first kappa shape index (κ1) is 30.2. The number of piperazine rings is 1. The van der Waals surface area contributed by atoms with Crippen molar-refractivity contribution in [2.24, 2.45) is 5.73 Å². The van der Waals surface area contributed by atoms with Crippen LogP contribution in [0.4, 0.5) is 0 Å². The molecular formula is C25H44N6O5. The quantitative estimate of drug-likeness (QED) is 0.173. The van der Waals surface area contributed by atoms with Crippen molar-refractivity contribution in [2.45, 2.75) is 12.8 Å². The van der Waals surface area contributed by atoms with Gasteiger partial charge in [0.1, 0.15) is 12.3 Å². The second-order valence-electron chi connectivity index (χ2n) is 8.53. The van der Waals surface area contributed by atoms with Gasteiger partial charge in [-0.05, 0) is 25.9 Å². The Kier molecular flexibility index (Phi) is 16.8. The molecule has 2 rings (SSSR count). The Morgan fingerprint density at radius 1 is 0.944 bits per heavy atom. The highest BCUT2D eigenvalue weighted by atomic mass is 16.6. The Balaban J connectivity index is 1.44. The summed E-state index contributed by atoms with van der Waals surface area (Å²) in [5.41, 5.74) is 6.18. The molecule has 2 heterocycles. The lowest BCUT2D eigenvalue weighted by Crippen LogP contribution is -2.48. The molecular weight excluding hydrogens is 464 g/mol. The number of rotatable bonds is 21. The van der Waals surface area contributed by atoms with Crippen LogP contribution in [-0.2, 0) is 18.9 Å². The van der Waals surface area contributed by atoms with Gasteiger partial charge in [-0.25, -0.2) is 4.98 Å². The summed E-state index contributed by atoms with van der Waals surface area (Å²) in [5.74, 6) is 2.40. The third-order valence-electron chi connectivity index (χ3n) is 5.87. The Bertz CT molecular complexity index is 706. The van der Waals surface area contributed by atoms with Crippen LogP contribution in [0.25, 0.3) is 0 Å². The number of hydrogen-bond acceptors (Lipinski definition) is 9. The fourth-order valence-corrected chi connectivity index (χ4v) is 3.85. The Morgan fingerprint density at radius 3 is 2.11 bits per heavy atom. The Hall–Kier alpha value is -2.04. The molecule has 3 N–H and O–H groups in total. The summed E-state index contributed by atoms with van der Waals surface area (Å²) >= 11 is 0. The third kappa shape index (κ3) is 13.3. The van der Waals surface area contributed by atoms with E-state index in [4.69, 9.17) is 31.1 Å². The zero-order valence-electron chi connectivity index (χ0n) is 21.6. The van der Waals surface area contributed by atoms with Crippen LogP contribution in [0.15, 0.2) is 12.5 Å². The number of carbonyl (C=O) groups is 1. The van der Waals surface area contributed by atoms with E-state index in [0.29, 0.717) is 71.6 Å². The summed E-state index contributed by atoms with van der Waals surface area (Å²) < 4.78 is 21.7. The predicted octanol–water partition coefficient (Wildman–Crippen LogP) is -0.0920. The van der Waals surface area contributed by atoms with Crippen molar-refractivity contribution >= 4 is 5.91 Å². The smallest absolute Gasteiger partial charge is 0.271 e. The monoisotopic (exact) mass is 508 g/mol. The van der Waals surface area contributed by atoms with Crippen molar-refractivity contribution in [2.75, 3.05) is 112 Å². The molecule has 0 radical (unpaired) electrons. The summed E-state index contributed by atoms with van der Waals surface area (Å²) in [4.78, 5) is 26.3. The molecule has 204 valence electrons. The maximum Gasteiger partial charge on any atom is 0.271 e. The lowest BCUT2D eigenvalue weighted by atomic mass is 10.2. The molecule has 0 atom stereocenters. The molecule has 1 saturated heterocycles. The van der Waals surface area contributed by atoms with Gasteiger partial charge in [0, 0.05) is 45.8 Å². The molecule has 1 aliphatic rings. The van der Waals surface area contributed by atoms with Crippen molar-refractivity contribution in [3.63, 3.8) is 0 Å². The largest absolute Gasteiger partial charge is 0.378 e. The normalized spacial score (nSPS) is 14.7. The molecule has 1 aromatic heterocycles. The van der Waals surface area contributed by atoms with Crippen molar-refractivity contribution in [3.05, 3.63) is 18.2 Å². The van der Waals surface area contributed by atoms with Crippen molar-refractivity contribution < 1.29 is 23.7 Å². The van der Waals surface area contributed by atoms with E-state index in [9.17, 15) is 4.79 Å². The highest BCUT2D eigenvalue weighted by Gasteiger charge is 2.19. The van der Waals surface area contributed by atoms with E-state index in [0.717, 1.165) is 58.7 Å².